The summed E-state index contributed by atoms with van der Waals surface area (Å²) in [6.45, 7) is 10.6. The van der Waals surface area contributed by atoms with Crippen molar-refractivity contribution in [2.24, 2.45) is 0 Å². The Morgan fingerprint density at radius 2 is 0.935 bits per heavy atom. The molecule has 10 aromatic rings. The van der Waals surface area contributed by atoms with Crippen LogP contribution in [0.15, 0.2) is 170 Å². The summed E-state index contributed by atoms with van der Waals surface area (Å²) in [7, 11) is 0. The van der Waals surface area contributed by atoms with Gasteiger partial charge in [0.2, 0.25) is 5.24 Å². The van der Waals surface area contributed by atoms with Crippen molar-refractivity contribution in [3.8, 4) is 34.4 Å². The molecule has 4 heterocycles. The Labute approximate surface area is 449 Å². The number of nitrogen functional groups attached to an aromatic ring is 1. The molecule has 4 amide bonds. The van der Waals surface area contributed by atoms with E-state index < -0.39 is 0 Å². The van der Waals surface area contributed by atoms with E-state index in [0.717, 1.165) is 55.4 Å². The molecule has 0 atom stereocenters. The van der Waals surface area contributed by atoms with Gasteiger partial charge in [0, 0.05) is 71.5 Å². The number of nitrogens with zero attached hydrogens (tertiary/aromatic N) is 6. The highest BCUT2D eigenvalue weighted by molar-refractivity contribution is 6.62. The first-order valence-electron chi connectivity index (χ1n) is 24.2. The average Bonchev–Trinajstić information content (AvgIpc) is 3.97. The van der Waals surface area contributed by atoms with Crippen LogP contribution < -0.4 is 36.5 Å². The third kappa shape index (κ3) is 14.3. The smallest absolute Gasteiger partial charge is 0.324 e. The van der Waals surface area contributed by atoms with E-state index in [-0.39, 0.29) is 29.5 Å². The van der Waals surface area contributed by atoms with Crippen molar-refractivity contribution in [2.45, 2.75) is 48.0 Å². The molecule has 6 N–H and O–H groups in total. The molecule has 10 rings (SSSR count). The van der Waals surface area contributed by atoms with Crippen molar-refractivity contribution < 1.29 is 28.7 Å². The first-order chi connectivity index (χ1) is 37.0. The number of ketones is 1. The van der Waals surface area contributed by atoms with Gasteiger partial charge in [0.05, 0.1) is 39.8 Å². The van der Waals surface area contributed by atoms with Crippen LogP contribution in [0, 0.1) is 27.7 Å². The summed E-state index contributed by atoms with van der Waals surface area (Å²) in [5.74, 6) is 3.98. The zero-order chi connectivity index (χ0) is 54.6. The number of urea groups is 2. The number of benzene rings is 6. The Bertz CT molecular complexity index is 3760. The van der Waals surface area contributed by atoms with Gasteiger partial charge >= 0.3 is 12.1 Å². The predicted octanol–water partition coefficient (Wildman–Crippen LogP) is 13.4. The molecule has 0 radical (unpaired) electrons. The number of carbonyl (C=O) groups excluding carboxylic acids is 4. The van der Waals surface area contributed by atoms with E-state index in [1.54, 1.807) is 52.1 Å². The van der Waals surface area contributed by atoms with E-state index in [1.807, 2.05) is 155 Å². The summed E-state index contributed by atoms with van der Waals surface area (Å²) in [4.78, 5) is 54.9. The number of ether oxygens (including phenoxy) is 2. The van der Waals surface area contributed by atoms with E-state index in [0.29, 0.717) is 57.5 Å². The van der Waals surface area contributed by atoms with Gasteiger partial charge in [-0.3, -0.25) is 25.2 Å². The number of halogens is 1. The van der Waals surface area contributed by atoms with Gasteiger partial charge in [0.1, 0.15) is 46.2 Å². The Morgan fingerprint density at radius 3 is 1.36 bits per heavy atom. The van der Waals surface area contributed by atoms with Crippen LogP contribution >= 0.6 is 11.6 Å². The molecule has 388 valence electrons. The van der Waals surface area contributed by atoms with Crippen LogP contribution in [-0.4, -0.2) is 52.6 Å². The van der Waals surface area contributed by atoms with E-state index in [1.165, 1.54) is 13.8 Å². The quantitative estimate of drug-likeness (QED) is 0.0724. The fourth-order valence-corrected chi connectivity index (χ4v) is 8.04. The van der Waals surface area contributed by atoms with Crippen LogP contribution in [0.3, 0.4) is 0 Å². The highest BCUT2D eigenvalue weighted by Gasteiger charge is 2.17. The summed E-state index contributed by atoms with van der Waals surface area (Å²) in [5, 5.41) is 23.8. The van der Waals surface area contributed by atoms with Gasteiger partial charge in [-0.2, -0.15) is 10.2 Å². The van der Waals surface area contributed by atoms with E-state index in [2.05, 4.69) is 53.0 Å². The minimum absolute atomic E-state index is 0.0332. The number of aromatic nitrogens is 6. The third-order valence-corrected chi connectivity index (χ3v) is 11.4. The summed E-state index contributed by atoms with van der Waals surface area (Å²) < 4.78 is 15.6. The lowest BCUT2D eigenvalue weighted by molar-refractivity contribution is -0.116. The number of nitrogens with two attached hydrogens (primary N) is 1. The molecule has 0 unspecified atom stereocenters. The molecule has 0 saturated heterocycles. The maximum atomic E-state index is 13.0. The van der Waals surface area contributed by atoms with Crippen molar-refractivity contribution in [3.05, 3.63) is 198 Å². The Morgan fingerprint density at radius 1 is 0.519 bits per heavy atom. The third-order valence-electron chi connectivity index (χ3n) is 11.4. The molecule has 77 heavy (non-hydrogen) atoms. The van der Waals surface area contributed by atoms with E-state index in [4.69, 9.17) is 15.2 Å². The van der Waals surface area contributed by atoms with Gasteiger partial charge in [-0.05, 0) is 107 Å². The van der Waals surface area contributed by atoms with Gasteiger partial charge in [0.15, 0.2) is 0 Å². The number of rotatable bonds is 12. The van der Waals surface area contributed by atoms with Gasteiger partial charge in [0.25, 0.3) is 0 Å². The molecular weight excluding hydrogens is 994 g/mol. The van der Waals surface area contributed by atoms with Crippen LogP contribution in [0.4, 0.5) is 38.4 Å². The summed E-state index contributed by atoms with van der Waals surface area (Å²) in [6.07, 6.45) is 3.47. The van der Waals surface area contributed by atoms with Gasteiger partial charge in [-0.15, -0.1) is 0 Å². The maximum Gasteiger partial charge on any atom is 0.324 e. The fraction of sp³-hybridized carbons (Fsp3) is 0.119. The second-order valence-corrected chi connectivity index (χ2v) is 18.3. The second kappa shape index (κ2) is 24.4. The number of fused-ring (bicyclic) bond motifs is 2. The van der Waals surface area contributed by atoms with Crippen LogP contribution in [0.2, 0.25) is 0 Å². The minimum atomic E-state index is -0.389. The minimum Gasteiger partial charge on any atom is -0.457 e. The van der Waals surface area contributed by atoms with Gasteiger partial charge in [-0.1, -0.05) is 83.9 Å². The number of hydrogen-bond acceptors (Lipinski definition) is 11. The number of amides is 4. The summed E-state index contributed by atoms with van der Waals surface area (Å²) in [6, 6.07) is 48.3. The monoisotopic (exact) mass is 1050 g/mol. The second-order valence-electron chi connectivity index (χ2n) is 17.8. The highest BCUT2D eigenvalue weighted by atomic mass is 35.5. The summed E-state index contributed by atoms with van der Waals surface area (Å²) in [5.41, 5.74) is 13.3. The molecule has 0 fully saturated rings. The van der Waals surface area contributed by atoms with Crippen LogP contribution in [0.25, 0.3) is 32.9 Å². The number of anilines is 5. The molecule has 17 nitrogen and oxygen atoms in total. The first kappa shape index (κ1) is 53.4. The van der Waals surface area contributed by atoms with Gasteiger partial charge in [-0.25, -0.2) is 23.9 Å². The molecule has 0 aliphatic heterocycles. The SMILES string of the molecule is CC(=O)Cc1cc(Oc2ccc(NC(=O)Nc3cc(C)nn3-c3ccc(C)cc3)c3ccccc23)ccn1.CC(=O)Cl.Cc1ccc(-n2nc(C)cc2NC(=O)Nc2ccc(Oc3ccnc(N)c3)c3ccccc23)cc1. The van der Waals surface area contributed by atoms with Crippen LogP contribution in [0.5, 0.6) is 23.0 Å². The molecule has 0 spiro atoms. The largest absolute Gasteiger partial charge is 0.457 e. The lowest BCUT2D eigenvalue weighted by Crippen LogP contribution is -2.21. The lowest BCUT2D eigenvalue weighted by Gasteiger charge is -2.14. The first-order valence-corrected chi connectivity index (χ1v) is 24.6. The summed E-state index contributed by atoms with van der Waals surface area (Å²) >= 11 is 4.64. The van der Waals surface area contributed by atoms with Gasteiger partial charge < -0.3 is 25.8 Å². The van der Waals surface area contributed by atoms with Crippen molar-refractivity contribution in [2.75, 3.05) is 27.0 Å². The molecule has 6 aromatic carbocycles. The molecule has 4 aromatic heterocycles. The molecular formula is C59H54ClN11O6. The highest BCUT2D eigenvalue weighted by Crippen LogP contribution is 2.36. The molecule has 0 bridgehead atoms. The topological polar surface area (TPSA) is 222 Å². The number of aryl methyl sites for hydroxylation is 4. The molecule has 0 aliphatic carbocycles. The number of hydrogen-bond donors (Lipinski definition) is 5. The Balaban J connectivity index is 0.000000191. The van der Waals surface area contributed by atoms with Crippen LogP contribution in [0.1, 0.15) is 42.1 Å². The molecule has 0 saturated carbocycles. The molecule has 18 heteroatoms. The zero-order valence-corrected chi connectivity index (χ0v) is 43.7. The van der Waals surface area contributed by atoms with Crippen molar-refractivity contribution in [1.82, 2.24) is 29.5 Å². The fourth-order valence-electron chi connectivity index (χ4n) is 8.04. The molecule has 0 aliphatic rings. The van der Waals surface area contributed by atoms with E-state index >= 15 is 0 Å². The standard InChI is InChI=1S/C30H27N5O3.C27H24N6O2.C2H3ClO/c1-19-8-10-23(11-9-19)35-29(16-20(2)34-35)33-30(37)32-27-12-13-28(26-7-5-4-6-25(26)27)38-24-14-15-31-22(18-24)17-21(3)36;1-17-7-9-19(10-8-17)33-26(15-18(2)32-33)31-27(34)30-23-11-12-24(22-6-4-3-5-21(22)23)35-20-13-14-29-25(28)16-20;1-2(3)4/h4-16,18H,17H2,1-3H3,(H2,32,33,37);3-16H,1-2H3,(H2,28,29)(H2,30,31,34);1H3. The Kier molecular flexibility index (Phi) is 17.0. The van der Waals surface area contributed by atoms with Crippen molar-refractivity contribution in [1.29, 1.82) is 0 Å². The number of pyridine rings is 2. The average molecular weight is 1050 g/mol. The maximum absolute atomic E-state index is 13.0. The lowest BCUT2D eigenvalue weighted by atomic mass is 10.1. The van der Waals surface area contributed by atoms with E-state index in [9.17, 15) is 19.2 Å². The number of nitrogens with one attached hydrogen (secondary N) is 4. The predicted molar refractivity (Wildman–Crippen MR) is 303 cm³/mol. The normalized spacial score (nSPS) is 10.6. The number of Topliss-reactive ketones (excluding diaryl/α,β-unsaturated/α-hetero) is 1. The van der Waals surface area contributed by atoms with Crippen molar-refractivity contribution >= 4 is 85.1 Å². The number of carbonyl (C=O) groups is 4. The van der Waals surface area contributed by atoms with Crippen LogP contribution in [-0.2, 0) is 16.0 Å². The van der Waals surface area contributed by atoms with Crippen molar-refractivity contribution in [3.63, 3.8) is 0 Å². The Hall–Kier alpha value is -9.87. The zero-order valence-electron chi connectivity index (χ0n) is 43.0.